The van der Waals surface area contributed by atoms with E-state index in [0.29, 0.717) is 19.3 Å². The molecule has 6 nitrogen and oxygen atoms in total. The highest BCUT2D eigenvalue weighted by atomic mass is 16.6. The van der Waals surface area contributed by atoms with E-state index in [2.05, 4.69) is 27.7 Å². The van der Waals surface area contributed by atoms with Crippen LogP contribution in [0.15, 0.2) is 0 Å². The van der Waals surface area contributed by atoms with Crippen molar-refractivity contribution in [2.75, 3.05) is 13.2 Å². The molecule has 0 amide bonds. The number of esters is 3. The van der Waals surface area contributed by atoms with Crippen molar-refractivity contribution in [2.45, 2.75) is 316 Å². The molecular formula is C55H106O6. The van der Waals surface area contributed by atoms with Crippen LogP contribution in [0.4, 0.5) is 0 Å². The number of unbranched alkanes of at least 4 members (excludes halogenated alkanes) is 37. The van der Waals surface area contributed by atoms with Gasteiger partial charge in [0.15, 0.2) is 6.10 Å². The monoisotopic (exact) mass is 863 g/mol. The minimum Gasteiger partial charge on any atom is -0.462 e. The van der Waals surface area contributed by atoms with Crippen LogP contribution in [-0.2, 0) is 28.6 Å². The molecule has 0 aromatic rings. The molecule has 0 aromatic heterocycles. The van der Waals surface area contributed by atoms with Crippen molar-refractivity contribution >= 4 is 17.9 Å². The number of carbonyl (C=O) groups excluding carboxylic acids is 3. The maximum Gasteiger partial charge on any atom is 0.306 e. The molecule has 0 rings (SSSR count). The standard InChI is InChI=1S/C55H106O6/c1-5-7-9-11-13-15-16-17-18-19-20-21-22-23-28-32-36-40-44-48-55(58)61-52(49-59-53(56)46-42-38-34-29-14-12-10-8-6-2)50-60-54(57)47-43-39-35-31-27-25-24-26-30-33-37-41-45-51(3)4/h51-52H,5-50H2,1-4H3/t52-/m1/s1. The van der Waals surface area contributed by atoms with Gasteiger partial charge in [0.1, 0.15) is 13.2 Å². The van der Waals surface area contributed by atoms with Gasteiger partial charge in [-0.2, -0.15) is 0 Å². The van der Waals surface area contributed by atoms with Gasteiger partial charge in [0.05, 0.1) is 0 Å². The summed E-state index contributed by atoms with van der Waals surface area (Å²) >= 11 is 0. The van der Waals surface area contributed by atoms with E-state index in [1.54, 1.807) is 0 Å². The third-order valence-corrected chi connectivity index (χ3v) is 12.5. The van der Waals surface area contributed by atoms with Gasteiger partial charge in [-0.25, -0.2) is 0 Å². The molecule has 0 N–H and O–H groups in total. The van der Waals surface area contributed by atoms with E-state index < -0.39 is 6.10 Å². The lowest BCUT2D eigenvalue weighted by molar-refractivity contribution is -0.167. The highest BCUT2D eigenvalue weighted by Gasteiger charge is 2.19. The van der Waals surface area contributed by atoms with Gasteiger partial charge in [0.2, 0.25) is 0 Å². The van der Waals surface area contributed by atoms with Gasteiger partial charge >= 0.3 is 17.9 Å². The van der Waals surface area contributed by atoms with Crippen LogP contribution in [0, 0.1) is 5.92 Å². The summed E-state index contributed by atoms with van der Waals surface area (Å²) in [6.45, 7) is 9.02. The molecular weight excluding hydrogens is 757 g/mol. The Kier molecular flexibility index (Phi) is 48.1. The molecule has 0 radical (unpaired) electrons. The Bertz CT molecular complexity index is 918. The minimum absolute atomic E-state index is 0.0627. The van der Waals surface area contributed by atoms with Crippen molar-refractivity contribution < 1.29 is 28.6 Å². The lowest BCUT2D eigenvalue weighted by Crippen LogP contribution is -2.30. The van der Waals surface area contributed by atoms with Crippen LogP contribution in [0.5, 0.6) is 0 Å². The third-order valence-electron chi connectivity index (χ3n) is 12.5. The number of hydrogen-bond donors (Lipinski definition) is 0. The van der Waals surface area contributed by atoms with Gasteiger partial charge in [-0.15, -0.1) is 0 Å². The second-order valence-electron chi connectivity index (χ2n) is 19.3. The molecule has 0 saturated carbocycles. The predicted molar refractivity (Wildman–Crippen MR) is 261 cm³/mol. The Morgan fingerprint density at radius 3 is 0.803 bits per heavy atom. The summed E-state index contributed by atoms with van der Waals surface area (Å²) in [5.41, 5.74) is 0. The second-order valence-corrected chi connectivity index (χ2v) is 19.3. The molecule has 0 fully saturated rings. The quantitative estimate of drug-likeness (QED) is 0.0344. The summed E-state index contributed by atoms with van der Waals surface area (Å²) in [6, 6.07) is 0. The summed E-state index contributed by atoms with van der Waals surface area (Å²) in [7, 11) is 0. The Balaban J connectivity index is 4.22. The number of hydrogen-bond acceptors (Lipinski definition) is 6. The highest BCUT2D eigenvalue weighted by Crippen LogP contribution is 2.17. The lowest BCUT2D eigenvalue weighted by atomic mass is 10.0. The van der Waals surface area contributed by atoms with Gasteiger partial charge in [-0.05, 0) is 25.2 Å². The summed E-state index contributed by atoms with van der Waals surface area (Å²) in [6.07, 6.45) is 52.4. The molecule has 0 aliphatic carbocycles. The van der Waals surface area contributed by atoms with E-state index in [0.717, 1.165) is 63.7 Å². The van der Waals surface area contributed by atoms with Crippen molar-refractivity contribution in [2.24, 2.45) is 5.92 Å². The van der Waals surface area contributed by atoms with E-state index >= 15 is 0 Å². The van der Waals surface area contributed by atoms with E-state index in [1.807, 2.05) is 0 Å². The van der Waals surface area contributed by atoms with Crippen molar-refractivity contribution in [1.82, 2.24) is 0 Å². The first-order chi connectivity index (χ1) is 29.9. The van der Waals surface area contributed by atoms with Gasteiger partial charge in [0, 0.05) is 19.3 Å². The molecule has 0 saturated heterocycles. The molecule has 0 heterocycles. The maximum absolute atomic E-state index is 12.8. The average molecular weight is 863 g/mol. The predicted octanol–water partition coefficient (Wildman–Crippen LogP) is 17.8. The summed E-state index contributed by atoms with van der Waals surface area (Å²) < 4.78 is 16.8. The van der Waals surface area contributed by atoms with Crippen LogP contribution < -0.4 is 0 Å². The molecule has 1 atom stereocenters. The van der Waals surface area contributed by atoms with Crippen LogP contribution in [0.25, 0.3) is 0 Å². The molecule has 0 spiro atoms. The van der Waals surface area contributed by atoms with E-state index in [-0.39, 0.29) is 31.1 Å². The normalized spacial score (nSPS) is 12.0. The molecule has 362 valence electrons. The topological polar surface area (TPSA) is 78.9 Å². The zero-order chi connectivity index (χ0) is 44.5. The molecule has 0 bridgehead atoms. The maximum atomic E-state index is 12.8. The SMILES string of the molecule is CCCCCCCCCCCCCCCCCCCCCC(=O)O[C@H](COC(=O)CCCCCCCCCCC)COC(=O)CCCCCCCCCCCCCCC(C)C. The zero-order valence-electron chi connectivity index (χ0n) is 41.6. The molecule has 61 heavy (non-hydrogen) atoms. The Hall–Kier alpha value is -1.59. The first-order valence-electron chi connectivity index (χ1n) is 27.4. The van der Waals surface area contributed by atoms with Gasteiger partial charge in [0.25, 0.3) is 0 Å². The van der Waals surface area contributed by atoms with Crippen LogP contribution in [0.2, 0.25) is 0 Å². The first kappa shape index (κ1) is 59.4. The molecule has 0 aliphatic rings. The highest BCUT2D eigenvalue weighted by molar-refractivity contribution is 5.71. The molecule has 6 heteroatoms. The van der Waals surface area contributed by atoms with Crippen molar-refractivity contribution in [3.63, 3.8) is 0 Å². The molecule has 0 aliphatic heterocycles. The fraction of sp³-hybridized carbons (Fsp3) is 0.945. The summed E-state index contributed by atoms with van der Waals surface area (Å²) in [5.74, 6) is -0.00974. The van der Waals surface area contributed by atoms with Crippen molar-refractivity contribution in [3.8, 4) is 0 Å². The summed E-state index contributed by atoms with van der Waals surface area (Å²) in [5, 5.41) is 0. The Morgan fingerprint density at radius 2 is 0.541 bits per heavy atom. The van der Waals surface area contributed by atoms with Gasteiger partial charge in [-0.1, -0.05) is 272 Å². The van der Waals surface area contributed by atoms with Crippen LogP contribution in [0.3, 0.4) is 0 Å². The van der Waals surface area contributed by atoms with E-state index in [1.165, 1.54) is 205 Å². The Morgan fingerprint density at radius 1 is 0.311 bits per heavy atom. The van der Waals surface area contributed by atoms with Crippen molar-refractivity contribution in [3.05, 3.63) is 0 Å². The van der Waals surface area contributed by atoms with Gasteiger partial charge in [-0.3, -0.25) is 14.4 Å². The lowest BCUT2D eigenvalue weighted by Gasteiger charge is -2.18. The number of ether oxygens (including phenoxy) is 3. The molecule has 0 aromatic carbocycles. The Labute approximate surface area is 380 Å². The first-order valence-corrected chi connectivity index (χ1v) is 27.4. The van der Waals surface area contributed by atoms with Crippen LogP contribution >= 0.6 is 0 Å². The fourth-order valence-electron chi connectivity index (χ4n) is 8.39. The van der Waals surface area contributed by atoms with Gasteiger partial charge < -0.3 is 14.2 Å². The van der Waals surface area contributed by atoms with Crippen LogP contribution in [0.1, 0.15) is 310 Å². The number of carbonyl (C=O) groups is 3. The van der Waals surface area contributed by atoms with E-state index in [9.17, 15) is 14.4 Å². The van der Waals surface area contributed by atoms with E-state index in [4.69, 9.17) is 14.2 Å². The molecule has 0 unspecified atom stereocenters. The minimum atomic E-state index is -0.760. The zero-order valence-corrected chi connectivity index (χ0v) is 41.6. The summed E-state index contributed by atoms with van der Waals surface area (Å²) in [4.78, 5) is 37.9. The fourth-order valence-corrected chi connectivity index (χ4v) is 8.39. The second kappa shape index (κ2) is 49.4. The smallest absolute Gasteiger partial charge is 0.306 e. The van der Waals surface area contributed by atoms with Crippen LogP contribution in [-0.4, -0.2) is 37.2 Å². The number of rotatable bonds is 50. The largest absolute Gasteiger partial charge is 0.462 e. The third kappa shape index (κ3) is 49.3. The van der Waals surface area contributed by atoms with Crippen molar-refractivity contribution in [1.29, 1.82) is 0 Å². The average Bonchev–Trinajstić information content (AvgIpc) is 3.24.